The molecule has 3 aromatic heterocycles. The van der Waals surface area contributed by atoms with E-state index in [-0.39, 0.29) is 5.41 Å². The molecule has 1 saturated heterocycles. The summed E-state index contributed by atoms with van der Waals surface area (Å²) < 4.78 is 2.24. The van der Waals surface area contributed by atoms with E-state index in [4.69, 9.17) is 10.1 Å². The van der Waals surface area contributed by atoms with Gasteiger partial charge in [-0.25, -0.2) is 4.98 Å². The van der Waals surface area contributed by atoms with Gasteiger partial charge in [0.2, 0.25) is 0 Å². The van der Waals surface area contributed by atoms with Crippen LogP contribution in [0.5, 0.6) is 0 Å². The van der Waals surface area contributed by atoms with E-state index in [1.54, 1.807) is 0 Å². The number of H-pyrrole nitrogens is 1. The number of aryl methyl sites for hydroxylation is 3. The molecule has 4 aromatic rings. The van der Waals surface area contributed by atoms with E-state index in [0.29, 0.717) is 0 Å². The molecule has 6 nitrogen and oxygen atoms in total. The number of fused-ring (bicyclic) bond motifs is 3. The molecule has 0 amide bonds. The zero-order valence-electron chi connectivity index (χ0n) is 18.2. The van der Waals surface area contributed by atoms with Crippen molar-refractivity contribution < 1.29 is 0 Å². The molecule has 2 aliphatic heterocycles. The molecule has 1 aromatic carbocycles. The van der Waals surface area contributed by atoms with Gasteiger partial charge in [-0.15, -0.1) is 0 Å². The Bertz CT molecular complexity index is 1270. The maximum atomic E-state index is 4.96. The predicted molar refractivity (Wildman–Crippen MR) is 122 cm³/mol. The Kier molecular flexibility index (Phi) is 4.25. The second-order valence-corrected chi connectivity index (χ2v) is 9.15. The second kappa shape index (κ2) is 7.02. The van der Waals surface area contributed by atoms with Gasteiger partial charge in [-0.2, -0.15) is 5.10 Å². The summed E-state index contributed by atoms with van der Waals surface area (Å²) in [6, 6.07) is 12.8. The largest absolute Gasteiger partial charge is 0.345 e. The van der Waals surface area contributed by atoms with Gasteiger partial charge in [-0.1, -0.05) is 25.1 Å². The molecule has 0 radical (unpaired) electrons. The van der Waals surface area contributed by atoms with Crippen LogP contribution in [0, 0.1) is 6.92 Å². The highest BCUT2D eigenvalue weighted by Gasteiger charge is 2.45. The van der Waals surface area contributed by atoms with Gasteiger partial charge >= 0.3 is 0 Å². The zero-order chi connectivity index (χ0) is 21.0. The number of imidazole rings is 1. The maximum Gasteiger partial charge on any atom is 0.120 e. The van der Waals surface area contributed by atoms with Crippen LogP contribution in [0.3, 0.4) is 0 Å². The highest BCUT2D eigenvalue weighted by Crippen LogP contribution is 2.44. The summed E-state index contributed by atoms with van der Waals surface area (Å²) in [5, 5.41) is 6.12. The van der Waals surface area contributed by atoms with Gasteiger partial charge in [0.05, 0.1) is 23.4 Å². The topological polar surface area (TPSA) is 62.6 Å². The number of nitrogens with one attached hydrogen (secondary N) is 1. The number of aromatic amines is 1. The monoisotopic (exact) mass is 412 g/mol. The van der Waals surface area contributed by atoms with Crippen molar-refractivity contribution in [1.29, 1.82) is 0 Å². The standard InChI is InChI=1S/C25H28N6/c1-3-20-17(2)27-24(28-20)15-30-10-8-25(16-30)9-11-31-23(25)13-22(29-31)19-12-18-6-4-5-7-21(18)26-14-19/h4-7,12-14H,3,8-11,15-16H2,1-2H3,(H,27,28). The normalized spacial score (nSPS) is 20.8. The molecule has 0 bridgehead atoms. The maximum absolute atomic E-state index is 4.96. The van der Waals surface area contributed by atoms with Crippen molar-refractivity contribution in [3.63, 3.8) is 0 Å². The fourth-order valence-corrected chi connectivity index (χ4v) is 5.51. The lowest BCUT2D eigenvalue weighted by atomic mass is 9.82. The molecule has 0 aliphatic carbocycles. The Morgan fingerprint density at radius 2 is 2.00 bits per heavy atom. The minimum Gasteiger partial charge on any atom is -0.345 e. The number of aromatic nitrogens is 5. The van der Waals surface area contributed by atoms with Gasteiger partial charge in [0.25, 0.3) is 0 Å². The number of benzene rings is 1. The minimum atomic E-state index is 0.213. The minimum absolute atomic E-state index is 0.213. The first-order chi connectivity index (χ1) is 15.1. The van der Waals surface area contributed by atoms with E-state index in [2.05, 4.69) is 63.7 Å². The van der Waals surface area contributed by atoms with Crippen LogP contribution < -0.4 is 0 Å². The SMILES string of the molecule is CCc1nc(CN2CCC3(CCn4nc(-c5cnc6ccccc6c5)cc43)C2)[nH]c1C. The Hall–Kier alpha value is -2.99. The van der Waals surface area contributed by atoms with Gasteiger partial charge in [-0.05, 0) is 50.9 Å². The predicted octanol–water partition coefficient (Wildman–Crippen LogP) is 4.24. The summed E-state index contributed by atoms with van der Waals surface area (Å²) in [5.41, 5.74) is 7.17. The number of hydrogen-bond donors (Lipinski definition) is 1. The summed E-state index contributed by atoms with van der Waals surface area (Å²) in [6.07, 6.45) is 5.31. The molecule has 158 valence electrons. The molecule has 6 rings (SSSR count). The highest BCUT2D eigenvalue weighted by atomic mass is 15.3. The smallest absolute Gasteiger partial charge is 0.120 e. The van der Waals surface area contributed by atoms with Crippen molar-refractivity contribution in [3.05, 3.63) is 65.5 Å². The van der Waals surface area contributed by atoms with Crippen LogP contribution in [-0.2, 0) is 24.9 Å². The van der Waals surface area contributed by atoms with Gasteiger partial charge in [0, 0.05) is 47.0 Å². The van der Waals surface area contributed by atoms with Gasteiger partial charge in [0.1, 0.15) is 5.82 Å². The summed E-state index contributed by atoms with van der Waals surface area (Å²) >= 11 is 0. The van der Waals surface area contributed by atoms with E-state index in [1.165, 1.54) is 29.9 Å². The van der Waals surface area contributed by atoms with Crippen molar-refractivity contribution in [2.45, 2.75) is 51.6 Å². The highest BCUT2D eigenvalue weighted by molar-refractivity contribution is 5.82. The lowest BCUT2D eigenvalue weighted by Gasteiger charge is -2.23. The van der Waals surface area contributed by atoms with Crippen LogP contribution in [-0.4, -0.2) is 42.7 Å². The first-order valence-corrected chi connectivity index (χ1v) is 11.3. The van der Waals surface area contributed by atoms with Gasteiger partial charge < -0.3 is 4.98 Å². The van der Waals surface area contributed by atoms with Gasteiger partial charge in [0.15, 0.2) is 0 Å². The molecule has 1 atom stereocenters. The first-order valence-electron chi connectivity index (χ1n) is 11.3. The molecule has 1 spiro atoms. The fraction of sp³-hybridized carbons (Fsp3) is 0.400. The lowest BCUT2D eigenvalue weighted by Crippen LogP contribution is -2.29. The Morgan fingerprint density at radius 3 is 2.87 bits per heavy atom. The average Bonchev–Trinajstić information content (AvgIpc) is 3.54. The molecule has 6 heteroatoms. The van der Waals surface area contributed by atoms with E-state index >= 15 is 0 Å². The van der Waals surface area contributed by atoms with Crippen LogP contribution in [0.25, 0.3) is 22.2 Å². The van der Waals surface area contributed by atoms with Crippen LogP contribution in [0.2, 0.25) is 0 Å². The molecular formula is C25H28N6. The fourth-order valence-electron chi connectivity index (χ4n) is 5.51. The summed E-state index contributed by atoms with van der Waals surface area (Å²) in [6.45, 7) is 8.39. The quantitative estimate of drug-likeness (QED) is 0.545. The Morgan fingerprint density at radius 1 is 1.13 bits per heavy atom. The van der Waals surface area contributed by atoms with Crippen LogP contribution >= 0.6 is 0 Å². The van der Waals surface area contributed by atoms with E-state index in [1.807, 2.05) is 12.3 Å². The van der Waals surface area contributed by atoms with Crippen molar-refractivity contribution >= 4 is 10.9 Å². The molecule has 0 saturated carbocycles. The van der Waals surface area contributed by atoms with E-state index in [9.17, 15) is 0 Å². The summed E-state index contributed by atoms with van der Waals surface area (Å²) in [4.78, 5) is 15.5. The van der Waals surface area contributed by atoms with Crippen molar-refractivity contribution in [3.8, 4) is 11.3 Å². The third-order valence-electron chi connectivity index (χ3n) is 7.19. The summed E-state index contributed by atoms with van der Waals surface area (Å²) in [5.74, 6) is 1.10. The third kappa shape index (κ3) is 3.08. The zero-order valence-corrected chi connectivity index (χ0v) is 18.2. The third-order valence-corrected chi connectivity index (χ3v) is 7.19. The Labute approximate surface area is 182 Å². The molecule has 1 N–H and O–H groups in total. The number of likely N-dealkylation sites (tertiary alicyclic amines) is 1. The number of pyridine rings is 1. The second-order valence-electron chi connectivity index (χ2n) is 9.15. The Balaban J connectivity index is 1.25. The number of rotatable bonds is 4. The number of hydrogen-bond acceptors (Lipinski definition) is 4. The molecule has 1 unspecified atom stereocenters. The molecule has 31 heavy (non-hydrogen) atoms. The van der Waals surface area contributed by atoms with Crippen LogP contribution in [0.1, 0.15) is 42.7 Å². The van der Waals surface area contributed by atoms with Crippen LogP contribution in [0.15, 0.2) is 42.6 Å². The van der Waals surface area contributed by atoms with Crippen LogP contribution in [0.4, 0.5) is 0 Å². The van der Waals surface area contributed by atoms with Crippen molar-refractivity contribution in [2.24, 2.45) is 0 Å². The van der Waals surface area contributed by atoms with Gasteiger partial charge in [-0.3, -0.25) is 14.6 Å². The average molecular weight is 413 g/mol. The number of para-hydroxylation sites is 1. The number of nitrogens with zero attached hydrogens (tertiary/aromatic N) is 5. The van der Waals surface area contributed by atoms with Crippen molar-refractivity contribution in [2.75, 3.05) is 13.1 Å². The summed E-state index contributed by atoms with van der Waals surface area (Å²) in [7, 11) is 0. The molecule has 2 aliphatic rings. The van der Waals surface area contributed by atoms with E-state index < -0.39 is 0 Å². The molecular weight excluding hydrogens is 384 g/mol. The lowest BCUT2D eigenvalue weighted by molar-refractivity contribution is 0.295. The van der Waals surface area contributed by atoms with Crippen molar-refractivity contribution in [1.82, 2.24) is 29.6 Å². The first kappa shape index (κ1) is 18.8. The van der Waals surface area contributed by atoms with E-state index in [0.717, 1.165) is 60.6 Å². The molecule has 1 fully saturated rings. The molecule has 5 heterocycles.